The summed E-state index contributed by atoms with van der Waals surface area (Å²) in [5.41, 5.74) is 10.8. The van der Waals surface area contributed by atoms with Crippen LogP contribution in [0.15, 0.2) is 228 Å². The fourth-order valence-corrected chi connectivity index (χ4v) is 23.8. The number of aryl methyl sites for hydroxylation is 2. The van der Waals surface area contributed by atoms with E-state index in [0.717, 1.165) is 5.69 Å². The van der Waals surface area contributed by atoms with Crippen LogP contribution in [0.1, 0.15) is 33.4 Å². The molecule has 9 aromatic carbocycles. The lowest BCUT2D eigenvalue weighted by Gasteiger charge is -2.49. The number of hydrogen-bond acceptors (Lipinski definition) is 3. The molecular weight excluding hydrogens is 822 g/mol. The van der Waals surface area contributed by atoms with Gasteiger partial charge in [0.05, 0.1) is 16.8 Å². The Bertz CT molecular complexity index is 3150. The molecule has 9 aromatic rings. The molecule has 0 saturated heterocycles. The topological polar surface area (TPSA) is 3.24 Å². The van der Waals surface area contributed by atoms with Crippen LogP contribution >= 0.6 is 17.8 Å². The summed E-state index contributed by atoms with van der Waals surface area (Å²) in [5, 5.41) is 9.35. The van der Waals surface area contributed by atoms with Gasteiger partial charge in [-0.05, 0) is 109 Å². The van der Waals surface area contributed by atoms with Crippen LogP contribution < -0.4 is 41.6 Å². The molecule has 0 radical (unpaired) electrons. The Hall–Kier alpha value is -6.00. The number of hydrogen-bond donors (Lipinski definition) is 0. The smallest absolute Gasteiger partial charge is 0.181 e. The van der Waals surface area contributed by atoms with Gasteiger partial charge in [0.25, 0.3) is 0 Å². The largest absolute Gasteiger partial charge is 0.310 e. The van der Waals surface area contributed by atoms with E-state index in [-0.39, 0.29) is 0 Å². The number of rotatable bonds is 4. The second kappa shape index (κ2) is 14.3. The Balaban J connectivity index is 1.21. The van der Waals surface area contributed by atoms with Crippen LogP contribution in [0.5, 0.6) is 0 Å². The SMILES string of the molecule is Cc1ccc2c(c1)C1(c3ccccc3Sc3ccccc31)c1cc(C)ccc1N2c1ccc2c(c1)[Si](c1ccccc1)(c1ccccc1)c1ccccc1P2(=S)c1ccccc1. The van der Waals surface area contributed by atoms with Gasteiger partial charge in [-0.2, -0.15) is 0 Å². The van der Waals surface area contributed by atoms with E-state index in [1.54, 1.807) is 0 Å². The average Bonchev–Trinajstić information content (AvgIpc) is 3.33. The zero-order chi connectivity index (χ0) is 41.6. The first kappa shape index (κ1) is 37.7. The van der Waals surface area contributed by atoms with Gasteiger partial charge in [0.1, 0.15) is 0 Å². The summed E-state index contributed by atoms with van der Waals surface area (Å²) in [5.74, 6) is 0. The van der Waals surface area contributed by atoms with Gasteiger partial charge in [-0.15, -0.1) is 0 Å². The summed E-state index contributed by atoms with van der Waals surface area (Å²) < 4.78 is 0. The normalized spacial score (nSPS) is 17.2. The minimum absolute atomic E-state index is 0.522. The van der Waals surface area contributed by atoms with E-state index < -0.39 is 19.5 Å². The number of fused-ring (bicyclic) bond motifs is 10. The van der Waals surface area contributed by atoms with Crippen LogP contribution in [-0.4, -0.2) is 8.07 Å². The van der Waals surface area contributed by atoms with Gasteiger partial charge < -0.3 is 4.90 Å². The van der Waals surface area contributed by atoms with E-state index in [1.165, 1.54) is 91.2 Å². The zero-order valence-corrected chi connectivity index (χ0v) is 38.0. The van der Waals surface area contributed by atoms with Crippen LogP contribution in [0, 0.1) is 13.8 Å². The molecule has 12 rings (SSSR count). The summed E-state index contributed by atoms with van der Waals surface area (Å²) in [6.07, 6.45) is 0. The lowest BCUT2D eigenvalue weighted by atomic mass is 9.61. The van der Waals surface area contributed by atoms with Crippen molar-refractivity contribution in [3.8, 4) is 0 Å². The third-order valence-corrected chi connectivity index (χ3v) is 25.0. The van der Waals surface area contributed by atoms with E-state index in [4.69, 9.17) is 11.8 Å². The van der Waals surface area contributed by atoms with Crippen molar-refractivity contribution in [1.29, 1.82) is 0 Å². The molecule has 0 N–H and O–H groups in total. The molecule has 0 aliphatic carbocycles. The standard InChI is InChI=1S/C57H42NPS2Si/c1-39-30-33-49-47(36-39)57(45-24-12-15-27-53(45)61-54-28-16-13-25-46(54)57)48-37-40(2)31-34-50(48)58(49)41-32-35-52-56(38-41)62(43-20-8-4-9-21-43,44-22-10-5-11-23-44)55-29-17-14-26-51(55)59(52,60)42-18-6-3-7-19-42/h3-38H,1-2H3. The van der Waals surface area contributed by atoms with Crippen LogP contribution in [0.2, 0.25) is 0 Å². The van der Waals surface area contributed by atoms with Crippen LogP contribution in [0.25, 0.3) is 0 Å². The van der Waals surface area contributed by atoms with Crippen molar-refractivity contribution in [2.24, 2.45) is 0 Å². The van der Waals surface area contributed by atoms with E-state index in [2.05, 4.69) is 237 Å². The Morgan fingerprint density at radius 3 is 1.52 bits per heavy atom. The highest BCUT2D eigenvalue weighted by molar-refractivity contribution is 8.26. The molecule has 0 fully saturated rings. The Morgan fingerprint density at radius 1 is 0.452 bits per heavy atom. The molecule has 1 atom stereocenters. The second-order valence-corrected chi connectivity index (χ2v) is 26.0. The molecule has 1 nitrogen and oxygen atoms in total. The van der Waals surface area contributed by atoms with E-state index >= 15 is 0 Å². The molecule has 0 bridgehead atoms. The molecule has 0 aromatic heterocycles. The van der Waals surface area contributed by atoms with Crippen LogP contribution in [-0.2, 0) is 17.2 Å². The molecule has 1 unspecified atom stereocenters. The van der Waals surface area contributed by atoms with E-state index in [9.17, 15) is 0 Å². The zero-order valence-electron chi connectivity index (χ0n) is 34.5. The van der Waals surface area contributed by atoms with Gasteiger partial charge in [-0.3, -0.25) is 0 Å². The highest BCUT2D eigenvalue weighted by Gasteiger charge is 2.53. The molecule has 62 heavy (non-hydrogen) atoms. The van der Waals surface area contributed by atoms with Gasteiger partial charge in [0, 0.05) is 21.5 Å². The summed E-state index contributed by atoms with van der Waals surface area (Å²) in [6, 6.07) is 80.2. The van der Waals surface area contributed by atoms with Crippen molar-refractivity contribution in [2.45, 2.75) is 29.1 Å². The molecule has 296 valence electrons. The first-order valence-corrected chi connectivity index (χ1v) is 27.0. The predicted molar refractivity (Wildman–Crippen MR) is 270 cm³/mol. The molecule has 0 amide bonds. The summed E-state index contributed by atoms with van der Waals surface area (Å²) >= 11 is 9.15. The van der Waals surface area contributed by atoms with Gasteiger partial charge >= 0.3 is 0 Å². The minimum atomic E-state index is -3.00. The van der Waals surface area contributed by atoms with Gasteiger partial charge in [0.2, 0.25) is 0 Å². The van der Waals surface area contributed by atoms with Crippen molar-refractivity contribution >= 4 is 91.4 Å². The predicted octanol–water partition coefficient (Wildman–Crippen LogP) is 10.4. The number of benzene rings is 9. The lowest BCUT2D eigenvalue weighted by Crippen LogP contribution is -2.81. The second-order valence-electron chi connectivity index (χ2n) is 16.9. The monoisotopic (exact) mass is 863 g/mol. The third kappa shape index (κ3) is 5.13. The van der Waals surface area contributed by atoms with Crippen molar-refractivity contribution in [1.82, 2.24) is 0 Å². The summed E-state index contributed by atoms with van der Waals surface area (Å²) in [6.45, 7) is 4.48. The maximum absolute atomic E-state index is 7.26. The molecular formula is C57H42NPS2Si. The Kier molecular flexibility index (Phi) is 8.69. The van der Waals surface area contributed by atoms with Crippen LogP contribution in [0.4, 0.5) is 17.1 Å². The molecule has 3 aliphatic heterocycles. The molecule has 1 spiro atoms. The van der Waals surface area contributed by atoms with E-state index in [0.29, 0.717) is 0 Å². The maximum atomic E-state index is 7.26. The third-order valence-electron chi connectivity index (χ3n) is 13.6. The molecule has 0 saturated carbocycles. The number of anilines is 3. The van der Waals surface area contributed by atoms with Crippen molar-refractivity contribution in [2.75, 3.05) is 4.90 Å². The van der Waals surface area contributed by atoms with Crippen molar-refractivity contribution < 1.29 is 0 Å². The highest BCUT2D eigenvalue weighted by atomic mass is 32.4. The average molecular weight is 864 g/mol. The Morgan fingerprint density at radius 2 is 0.935 bits per heavy atom. The summed E-state index contributed by atoms with van der Waals surface area (Å²) in [7, 11) is -3.00. The highest BCUT2D eigenvalue weighted by Crippen LogP contribution is 2.63. The maximum Gasteiger partial charge on any atom is 0.181 e. The lowest BCUT2D eigenvalue weighted by molar-refractivity contribution is 0.690. The van der Waals surface area contributed by atoms with E-state index in [1.807, 2.05) is 11.8 Å². The molecule has 5 heteroatoms. The first-order valence-electron chi connectivity index (χ1n) is 21.4. The summed E-state index contributed by atoms with van der Waals surface area (Å²) in [4.78, 5) is 5.18. The molecule has 3 aliphatic rings. The van der Waals surface area contributed by atoms with Gasteiger partial charge in [-0.1, -0.05) is 217 Å². The Labute approximate surface area is 374 Å². The first-order chi connectivity index (χ1) is 30.4. The number of nitrogens with zero attached hydrogens (tertiary/aromatic N) is 1. The van der Waals surface area contributed by atoms with Gasteiger partial charge in [0.15, 0.2) is 8.07 Å². The van der Waals surface area contributed by atoms with Crippen molar-refractivity contribution in [3.63, 3.8) is 0 Å². The quantitative estimate of drug-likeness (QED) is 0.128. The van der Waals surface area contributed by atoms with Gasteiger partial charge in [-0.25, -0.2) is 0 Å². The molecule has 3 heterocycles. The fraction of sp³-hybridized carbons (Fsp3) is 0.0526. The van der Waals surface area contributed by atoms with Crippen molar-refractivity contribution in [3.05, 3.63) is 252 Å². The van der Waals surface area contributed by atoms with Crippen LogP contribution in [0.3, 0.4) is 0 Å². The fourth-order valence-electron chi connectivity index (χ4n) is 11.1. The minimum Gasteiger partial charge on any atom is -0.310 e.